The number of hydrogen-bond donors (Lipinski definition) is 1. The molecular weight excluding hydrogens is 541 g/mol. The van der Waals surface area contributed by atoms with Crippen molar-refractivity contribution in [3.8, 4) is 28.8 Å². The molecule has 1 amide bonds. The monoisotopic (exact) mass is 571 g/mol. The average Bonchev–Trinajstić information content (AvgIpc) is 2.96. The molecule has 1 fully saturated rings. The summed E-state index contributed by atoms with van der Waals surface area (Å²) in [5.74, 6) is -0.247. The molecule has 1 N–H and O–H groups in total. The number of aromatic nitrogens is 4. The smallest absolute Gasteiger partial charge is 0.407 e. The van der Waals surface area contributed by atoms with Crippen molar-refractivity contribution < 1.29 is 19.0 Å². The van der Waals surface area contributed by atoms with Crippen LogP contribution in [0, 0.1) is 24.1 Å². The summed E-state index contributed by atoms with van der Waals surface area (Å²) in [6.45, 7) is 8.28. The van der Waals surface area contributed by atoms with Gasteiger partial charge in [-0.3, -0.25) is 4.98 Å². The molecule has 1 aromatic carbocycles. The van der Waals surface area contributed by atoms with Crippen molar-refractivity contribution in [1.29, 1.82) is 5.26 Å². The van der Waals surface area contributed by atoms with Gasteiger partial charge < -0.3 is 19.6 Å². The van der Waals surface area contributed by atoms with Gasteiger partial charge in [0, 0.05) is 31.9 Å². The van der Waals surface area contributed by atoms with E-state index in [0.29, 0.717) is 16.8 Å². The van der Waals surface area contributed by atoms with E-state index >= 15 is 4.39 Å². The van der Waals surface area contributed by atoms with Gasteiger partial charge in [0.05, 0.1) is 40.7 Å². The van der Waals surface area contributed by atoms with Crippen LogP contribution in [0.5, 0.6) is 5.75 Å². The third-order valence-corrected chi connectivity index (χ3v) is 7.50. The molecule has 11 nitrogen and oxygen atoms in total. The predicted molar refractivity (Wildman–Crippen MR) is 155 cm³/mol. The summed E-state index contributed by atoms with van der Waals surface area (Å²) in [6.07, 6.45) is 0.642. The fourth-order valence-electron chi connectivity index (χ4n) is 5.46. The highest BCUT2D eigenvalue weighted by molar-refractivity contribution is 5.93. The van der Waals surface area contributed by atoms with Gasteiger partial charge in [-0.25, -0.2) is 23.5 Å². The van der Waals surface area contributed by atoms with E-state index < -0.39 is 17.6 Å². The van der Waals surface area contributed by atoms with Gasteiger partial charge in [0.1, 0.15) is 23.5 Å². The molecule has 0 unspecified atom stereocenters. The summed E-state index contributed by atoms with van der Waals surface area (Å²) < 4.78 is 22.1. The van der Waals surface area contributed by atoms with Crippen molar-refractivity contribution in [1.82, 2.24) is 24.4 Å². The molecule has 3 aromatic heterocycles. The number of methoxy groups -OCH3 is 1. The Morgan fingerprint density at radius 2 is 2.00 bits per heavy atom. The molecule has 42 heavy (non-hydrogen) atoms. The molecule has 1 aliphatic rings. The van der Waals surface area contributed by atoms with E-state index in [1.807, 2.05) is 32.6 Å². The Morgan fingerprint density at radius 1 is 1.24 bits per heavy atom. The molecule has 0 aliphatic carbocycles. The Balaban J connectivity index is 1.90. The summed E-state index contributed by atoms with van der Waals surface area (Å²) in [4.78, 5) is 42.6. The van der Waals surface area contributed by atoms with Crippen LogP contribution in [0.1, 0.15) is 43.5 Å². The second-order valence-corrected chi connectivity index (χ2v) is 10.5. The predicted octanol–water partition coefficient (Wildman–Crippen LogP) is 4.48. The third-order valence-electron chi connectivity index (χ3n) is 7.50. The zero-order valence-electron chi connectivity index (χ0n) is 23.9. The van der Waals surface area contributed by atoms with Crippen LogP contribution in [-0.4, -0.2) is 68.4 Å². The standard InChI is InChI=1S/C30H30FN7O4/c1-16(2)24-26(17(3)9-10-33-24)38-28-20(27(35-29(38)39)37-12-11-36(30(40)41)15-18(37)4)13-19(14-32)25(34-28)23-21(31)7-6-8-22(23)42-5/h6-10,13,16,18H,11-12,15H2,1-5H3,(H,40,41)/t18-/m0/s1. The van der Waals surface area contributed by atoms with Crippen LogP contribution in [0.3, 0.4) is 0 Å². The fraction of sp³-hybridized carbons (Fsp3) is 0.333. The van der Waals surface area contributed by atoms with Crippen LogP contribution in [0.4, 0.5) is 15.0 Å². The van der Waals surface area contributed by atoms with Crippen molar-refractivity contribution in [2.75, 3.05) is 31.6 Å². The molecule has 0 bridgehead atoms. The molecule has 216 valence electrons. The first-order valence-electron chi connectivity index (χ1n) is 13.5. The zero-order valence-corrected chi connectivity index (χ0v) is 23.9. The minimum atomic E-state index is -1.03. The van der Waals surface area contributed by atoms with Gasteiger partial charge in [-0.1, -0.05) is 19.9 Å². The number of hydrogen-bond acceptors (Lipinski definition) is 8. The number of anilines is 1. The minimum Gasteiger partial charge on any atom is -0.496 e. The van der Waals surface area contributed by atoms with Crippen molar-refractivity contribution >= 4 is 22.9 Å². The minimum absolute atomic E-state index is 0.00811. The van der Waals surface area contributed by atoms with Gasteiger partial charge in [-0.05, 0) is 49.6 Å². The molecule has 1 atom stereocenters. The van der Waals surface area contributed by atoms with Gasteiger partial charge in [-0.15, -0.1) is 0 Å². The van der Waals surface area contributed by atoms with E-state index in [2.05, 4.69) is 16.0 Å². The zero-order chi connectivity index (χ0) is 30.3. The number of nitriles is 1. The number of halogens is 1. The lowest BCUT2D eigenvalue weighted by molar-refractivity contribution is 0.136. The molecule has 0 saturated carbocycles. The van der Waals surface area contributed by atoms with Crippen molar-refractivity contribution in [2.24, 2.45) is 0 Å². The van der Waals surface area contributed by atoms with Crippen molar-refractivity contribution in [3.63, 3.8) is 0 Å². The summed E-state index contributed by atoms with van der Waals surface area (Å²) in [7, 11) is 1.40. The highest BCUT2D eigenvalue weighted by Crippen LogP contribution is 2.37. The fourth-order valence-corrected chi connectivity index (χ4v) is 5.46. The van der Waals surface area contributed by atoms with Gasteiger partial charge in [0.15, 0.2) is 5.65 Å². The Bertz CT molecular complexity index is 1810. The topological polar surface area (TPSA) is 137 Å². The molecule has 5 rings (SSSR count). The number of carbonyl (C=O) groups is 1. The summed E-state index contributed by atoms with van der Waals surface area (Å²) in [6, 6.07) is 9.45. The molecule has 1 aliphatic heterocycles. The van der Waals surface area contributed by atoms with E-state index in [-0.39, 0.29) is 65.6 Å². The number of amides is 1. The first-order chi connectivity index (χ1) is 20.1. The van der Waals surface area contributed by atoms with Crippen LogP contribution in [-0.2, 0) is 0 Å². The van der Waals surface area contributed by atoms with E-state index in [4.69, 9.17) is 9.72 Å². The molecular formula is C30H30FN7O4. The van der Waals surface area contributed by atoms with Gasteiger partial charge in [0.2, 0.25) is 0 Å². The average molecular weight is 572 g/mol. The summed E-state index contributed by atoms with van der Waals surface area (Å²) >= 11 is 0. The first kappa shape index (κ1) is 28.5. The van der Waals surface area contributed by atoms with E-state index in [1.54, 1.807) is 24.4 Å². The maximum Gasteiger partial charge on any atom is 0.407 e. The number of carboxylic acid groups (broad SMARTS) is 1. The molecule has 12 heteroatoms. The number of rotatable bonds is 5. The van der Waals surface area contributed by atoms with E-state index in [1.165, 1.54) is 28.7 Å². The second-order valence-electron chi connectivity index (χ2n) is 10.5. The molecule has 1 saturated heterocycles. The van der Waals surface area contributed by atoms with Gasteiger partial charge >= 0.3 is 11.8 Å². The van der Waals surface area contributed by atoms with E-state index in [9.17, 15) is 20.0 Å². The number of benzene rings is 1. The number of aryl methyl sites for hydroxylation is 1. The number of ether oxygens (including phenoxy) is 1. The number of pyridine rings is 2. The molecule has 4 aromatic rings. The Hall–Kier alpha value is -5.05. The lowest BCUT2D eigenvalue weighted by Crippen LogP contribution is -2.54. The van der Waals surface area contributed by atoms with Gasteiger partial charge in [-0.2, -0.15) is 10.2 Å². The highest BCUT2D eigenvalue weighted by atomic mass is 19.1. The third kappa shape index (κ3) is 4.76. The number of piperazine rings is 1. The normalized spacial score (nSPS) is 15.2. The van der Waals surface area contributed by atoms with Crippen LogP contribution in [0.25, 0.3) is 28.0 Å². The Labute approximate surface area is 241 Å². The number of nitrogens with zero attached hydrogens (tertiary/aromatic N) is 7. The van der Waals surface area contributed by atoms with E-state index in [0.717, 1.165) is 5.56 Å². The second kappa shape index (κ2) is 11.1. The maximum absolute atomic E-state index is 15.3. The van der Waals surface area contributed by atoms with Gasteiger partial charge in [0.25, 0.3) is 0 Å². The van der Waals surface area contributed by atoms with Crippen LogP contribution >= 0.6 is 0 Å². The Morgan fingerprint density at radius 3 is 2.64 bits per heavy atom. The largest absolute Gasteiger partial charge is 0.496 e. The highest BCUT2D eigenvalue weighted by Gasteiger charge is 2.31. The maximum atomic E-state index is 15.3. The SMILES string of the molecule is COc1cccc(F)c1-c1nc2c(cc1C#N)c(N1CCN(C(=O)O)C[C@@H]1C)nc(=O)n2-c1c(C)ccnc1C(C)C. The molecule has 4 heterocycles. The lowest BCUT2D eigenvalue weighted by Gasteiger charge is -2.39. The number of fused-ring (bicyclic) bond motifs is 1. The summed E-state index contributed by atoms with van der Waals surface area (Å²) in [5, 5.41) is 20.1. The Kier molecular flexibility index (Phi) is 7.51. The quantitative estimate of drug-likeness (QED) is 0.367. The van der Waals surface area contributed by atoms with Crippen LogP contribution < -0.4 is 15.3 Å². The van der Waals surface area contributed by atoms with Crippen LogP contribution in [0.15, 0.2) is 41.3 Å². The first-order valence-corrected chi connectivity index (χ1v) is 13.5. The molecule has 0 radical (unpaired) electrons. The van der Waals surface area contributed by atoms with Crippen molar-refractivity contribution in [2.45, 2.75) is 39.7 Å². The summed E-state index contributed by atoms with van der Waals surface area (Å²) in [5.41, 5.74) is 1.51. The van der Waals surface area contributed by atoms with Crippen molar-refractivity contribution in [3.05, 3.63) is 69.7 Å². The molecule has 0 spiro atoms. The van der Waals surface area contributed by atoms with Crippen LogP contribution in [0.2, 0.25) is 0 Å². The lowest BCUT2D eigenvalue weighted by atomic mass is 10.0.